The van der Waals surface area contributed by atoms with E-state index in [1.54, 1.807) is 0 Å². The lowest BCUT2D eigenvalue weighted by Gasteiger charge is -2.14. The Balaban J connectivity index is 1.07. The molecular weight excluding hydrogens is 793 g/mol. The Kier molecular flexibility index (Phi) is 7.62. The van der Waals surface area contributed by atoms with Gasteiger partial charge in [-0.2, -0.15) is 0 Å². The fourth-order valence-corrected chi connectivity index (χ4v) is 10.3. The summed E-state index contributed by atoms with van der Waals surface area (Å²) in [6.45, 7) is 0. The van der Waals surface area contributed by atoms with Gasteiger partial charge in [-0.25, -0.2) is 9.97 Å². The molecule has 0 amide bonds. The molecule has 0 saturated carbocycles. The SMILES string of the molecule is c1ccc(-n2c3ccccc3c3ccc(-c4cc(-c5cccc6ccccc56)nc(-c5cc(-n6c7ccccc7c7cc8ccccc8cc76)c6c(c5)oc5ccccc56)n4)cc32)cc1. The van der Waals surface area contributed by atoms with Crippen LogP contribution >= 0.6 is 0 Å². The van der Waals surface area contributed by atoms with Gasteiger partial charge in [-0.3, -0.25) is 0 Å². The summed E-state index contributed by atoms with van der Waals surface area (Å²) in [5, 5.41) is 11.6. The zero-order valence-corrected chi connectivity index (χ0v) is 35.0. The van der Waals surface area contributed by atoms with Crippen LogP contribution in [0.25, 0.3) is 132 Å². The van der Waals surface area contributed by atoms with Crippen molar-refractivity contribution in [2.45, 2.75) is 0 Å². The van der Waals surface area contributed by atoms with Crippen LogP contribution in [0.4, 0.5) is 0 Å². The van der Waals surface area contributed by atoms with E-state index in [2.05, 4.69) is 221 Å². The molecule has 0 bridgehead atoms. The molecule has 14 rings (SSSR count). The van der Waals surface area contributed by atoms with Crippen LogP contribution in [0.2, 0.25) is 0 Å². The molecule has 4 heterocycles. The Hall–Kier alpha value is -8.80. The van der Waals surface area contributed by atoms with Crippen molar-refractivity contribution in [2.75, 3.05) is 0 Å². The average Bonchev–Trinajstić information content (AvgIpc) is 4.02. The Bertz CT molecular complexity index is 4240. The highest BCUT2D eigenvalue weighted by Gasteiger charge is 2.22. The first-order valence-corrected chi connectivity index (χ1v) is 22.1. The van der Waals surface area contributed by atoms with Gasteiger partial charge in [0.1, 0.15) is 11.2 Å². The minimum absolute atomic E-state index is 0.615. The third kappa shape index (κ3) is 5.46. The Morgan fingerprint density at radius 3 is 1.78 bits per heavy atom. The third-order valence-electron chi connectivity index (χ3n) is 13.3. The smallest absolute Gasteiger partial charge is 0.160 e. The third-order valence-corrected chi connectivity index (χ3v) is 13.3. The molecular formula is C60H36N4O. The van der Waals surface area contributed by atoms with Crippen molar-refractivity contribution in [1.29, 1.82) is 0 Å². The molecule has 10 aromatic carbocycles. The molecule has 0 saturated heterocycles. The minimum atomic E-state index is 0.615. The molecule has 5 nitrogen and oxygen atoms in total. The number of fused-ring (bicyclic) bond motifs is 11. The number of furan rings is 1. The standard InChI is InChI=1S/C60H36N4O/c1-2-19-42(20-3-1)63-52-26-11-8-22-45(52)47-30-29-40(33-54(47)63)50-36-51(44-25-14-18-37-15-6-7-21-43(37)44)62-60(61-50)41-34-56(59-48-24-10-13-28-57(48)65-58(59)35-41)64-53-27-12-9-23-46(53)49-31-38-16-4-5-17-39(38)32-55(49)64/h1-36H. The molecule has 0 spiro atoms. The summed E-state index contributed by atoms with van der Waals surface area (Å²) in [7, 11) is 0. The molecule has 0 aliphatic heterocycles. The minimum Gasteiger partial charge on any atom is -0.456 e. The maximum absolute atomic E-state index is 6.80. The first-order valence-electron chi connectivity index (χ1n) is 22.1. The fraction of sp³-hybridized carbons (Fsp3) is 0. The van der Waals surface area contributed by atoms with Crippen LogP contribution in [0, 0.1) is 0 Å². The van der Waals surface area contributed by atoms with Gasteiger partial charge in [0.2, 0.25) is 0 Å². The van der Waals surface area contributed by atoms with Crippen molar-refractivity contribution in [3.8, 4) is 45.3 Å². The molecule has 0 atom stereocenters. The first kappa shape index (κ1) is 35.8. The molecule has 0 aliphatic carbocycles. The summed E-state index contributed by atoms with van der Waals surface area (Å²) in [4.78, 5) is 11.0. The summed E-state index contributed by atoms with van der Waals surface area (Å²) in [5.41, 5.74) is 12.9. The molecule has 0 aliphatic rings. The van der Waals surface area contributed by atoms with Crippen LogP contribution in [0.15, 0.2) is 223 Å². The summed E-state index contributed by atoms with van der Waals surface area (Å²) >= 11 is 0. The monoisotopic (exact) mass is 828 g/mol. The van der Waals surface area contributed by atoms with Crippen LogP contribution in [0.1, 0.15) is 0 Å². The van der Waals surface area contributed by atoms with E-state index in [0.717, 1.165) is 94.2 Å². The van der Waals surface area contributed by atoms with E-state index in [9.17, 15) is 0 Å². The summed E-state index contributed by atoms with van der Waals surface area (Å²) < 4.78 is 11.6. The highest BCUT2D eigenvalue weighted by Crippen LogP contribution is 2.43. The summed E-state index contributed by atoms with van der Waals surface area (Å²) in [6, 6.07) is 77.9. The van der Waals surface area contributed by atoms with Gasteiger partial charge in [-0.15, -0.1) is 0 Å². The van der Waals surface area contributed by atoms with Gasteiger partial charge < -0.3 is 13.6 Å². The highest BCUT2D eigenvalue weighted by molar-refractivity contribution is 6.17. The van der Waals surface area contributed by atoms with Crippen LogP contribution in [0.5, 0.6) is 0 Å². The second-order valence-electron chi connectivity index (χ2n) is 16.9. The largest absolute Gasteiger partial charge is 0.456 e. The predicted octanol–water partition coefficient (Wildman–Crippen LogP) is 15.9. The molecule has 14 aromatic rings. The topological polar surface area (TPSA) is 48.8 Å². The Morgan fingerprint density at radius 1 is 0.338 bits per heavy atom. The molecule has 5 heteroatoms. The van der Waals surface area contributed by atoms with Gasteiger partial charge in [-0.05, 0) is 88.3 Å². The predicted molar refractivity (Wildman–Crippen MR) is 269 cm³/mol. The Morgan fingerprint density at radius 2 is 0.954 bits per heavy atom. The van der Waals surface area contributed by atoms with Crippen LogP contribution in [0.3, 0.4) is 0 Å². The lowest BCUT2D eigenvalue weighted by molar-refractivity contribution is 0.669. The maximum Gasteiger partial charge on any atom is 0.160 e. The van der Waals surface area contributed by atoms with E-state index in [4.69, 9.17) is 14.4 Å². The number of aromatic nitrogens is 4. The van der Waals surface area contributed by atoms with Crippen LogP contribution in [-0.2, 0) is 0 Å². The van der Waals surface area contributed by atoms with Crippen molar-refractivity contribution in [3.05, 3.63) is 218 Å². The number of rotatable bonds is 5. The number of nitrogens with zero attached hydrogens (tertiary/aromatic N) is 4. The van der Waals surface area contributed by atoms with Gasteiger partial charge in [0.15, 0.2) is 5.82 Å². The summed E-state index contributed by atoms with van der Waals surface area (Å²) in [6.07, 6.45) is 0. The van der Waals surface area contributed by atoms with Crippen molar-refractivity contribution in [3.63, 3.8) is 0 Å². The van der Waals surface area contributed by atoms with E-state index < -0.39 is 0 Å². The normalized spacial score (nSPS) is 12.0. The zero-order chi connectivity index (χ0) is 42.6. The quantitative estimate of drug-likeness (QED) is 0.174. The summed E-state index contributed by atoms with van der Waals surface area (Å²) in [5.74, 6) is 0.615. The maximum atomic E-state index is 6.80. The van der Waals surface area contributed by atoms with Crippen LogP contribution in [-0.4, -0.2) is 19.1 Å². The average molecular weight is 829 g/mol. The second-order valence-corrected chi connectivity index (χ2v) is 16.9. The first-order chi connectivity index (χ1) is 32.2. The van der Waals surface area contributed by atoms with Crippen molar-refractivity contribution >= 4 is 87.1 Å². The molecule has 302 valence electrons. The van der Waals surface area contributed by atoms with E-state index in [-0.39, 0.29) is 0 Å². The fourth-order valence-electron chi connectivity index (χ4n) is 10.3. The van der Waals surface area contributed by atoms with E-state index in [1.165, 1.54) is 32.3 Å². The number of benzene rings is 10. The lowest BCUT2D eigenvalue weighted by Crippen LogP contribution is -1.99. The van der Waals surface area contributed by atoms with Crippen molar-refractivity contribution < 1.29 is 4.42 Å². The van der Waals surface area contributed by atoms with Gasteiger partial charge in [0.05, 0.1) is 44.5 Å². The second kappa shape index (κ2) is 13.9. The number of para-hydroxylation sites is 4. The van der Waals surface area contributed by atoms with E-state index in [0.29, 0.717) is 5.82 Å². The zero-order valence-electron chi connectivity index (χ0n) is 35.0. The van der Waals surface area contributed by atoms with Gasteiger partial charge >= 0.3 is 0 Å². The van der Waals surface area contributed by atoms with Gasteiger partial charge in [0, 0.05) is 49.3 Å². The van der Waals surface area contributed by atoms with Crippen molar-refractivity contribution in [2.24, 2.45) is 0 Å². The van der Waals surface area contributed by atoms with Gasteiger partial charge in [-0.1, -0.05) is 152 Å². The van der Waals surface area contributed by atoms with Crippen LogP contribution < -0.4 is 0 Å². The van der Waals surface area contributed by atoms with Gasteiger partial charge in [0.25, 0.3) is 0 Å². The molecule has 0 N–H and O–H groups in total. The molecule has 0 fully saturated rings. The molecule has 4 aromatic heterocycles. The number of hydrogen-bond donors (Lipinski definition) is 0. The van der Waals surface area contributed by atoms with E-state index in [1.807, 2.05) is 6.07 Å². The Labute approximate surface area is 372 Å². The highest BCUT2D eigenvalue weighted by atomic mass is 16.3. The molecule has 0 unspecified atom stereocenters. The van der Waals surface area contributed by atoms with E-state index >= 15 is 0 Å². The van der Waals surface area contributed by atoms with Crippen molar-refractivity contribution in [1.82, 2.24) is 19.1 Å². The number of hydrogen-bond acceptors (Lipinski definition) is 3. The molecule has 65 heavy (non-hydrogen) atoms. The molecule has 0 radical (unpaired) electrons. The lowest BCUT2D eigenvalue weighted by atomic mass is 10.00.